The predicted octanol–water partition coefficient (Wildman–Crippen LogP) is 8.07. The largest absolute Gasteiger partial charge is 0.476 e. The molecule has 1 atom stereocenters. The molecular weight excluding hydrogens is 500 g/mol. The first-order chi connectivity index (χ1) is 14.7. The third kappa shape index (κ3) is 3.40. The van der Waals surface area contributed by atoms with Crippen LogP contribution in [0.1, 0.15) is 34.6 Å². The smallest absolute Gasteiger partial charge is 0.160 e. The van der Waals surface area contributed by atoms with Gasteiger partial charge in [-0.15, -0.1) is 0 Å². The van der Waals surface area contributed by atoms with E-state index in [2.05, 4.69) is 135 Å². The summed E-state index contributed by atoms with van der Waals surface area (Å²) in [6, 6.07) is 36.2. The van der Waals surface area contributed by atoms with Crippen LogP contribution in [0.5, 0.6) is 5.75 Å². The molecular formula is C27H20Br2O. The normalized spacial score (nSPS) is 17.1. The minimum absolute atomic E-state index is 0.198. The molecule has 148 valence electrons. The molecule has 0 spiro atoms. The zero-order chi connectivity index (χ0) is 20.6. The summed E-state index contributed by atoms with van der Waals surface area (Å²) in [5, 5.41) is 0. The molecule has 0 bridgehead atoms. The van der Waals surface area contributed by atoms with Crippen LogP contribution < -0.4 is 4.74 Å². The molecule has 1 nitrogen and oxygen atoms in total. The van der Waals surface area contributed by atoms with Crippen LogP contribution in [0.25, 0.3) is 0 Å². The number of rotatable bonds is 3. The van der Waals surface area contributed by atoms with Crippen molar-refractivity contribution in [3.63, 3.8) is 0 Å². The van der Waals surface area contributed by atoms with E-state index in [1.165, 1.54) is 11.1 Å². The average Bonchev–Trinajstić information content (AvgIpc) is 2.80. The Hall–Kier alpha value is -2.36. The molecule has 3 heteroatoms. The van der Waals surface area contributed by atoms with Gasteiger partial charge >= 0.3 is 0 Å². The van der Waals surface area contributed by atoms with Gasteiger partial charge in [0.2, 0.25) is 0 Å². The molecule has 4 aromatic carbocycles. The van der Waals surface area contributed by atoms with Gasteiger partial charge < -0.3 is 4.74 Å². The van der Waals surface area contributed by atoms with E-state index in [0.717, 1.165) is 32.2 Å². The van der Waals surface area contributed by atoms with Crippen molar-refractivity contribution in [3.05, 3.63) is 134 Å². The first-order valence-corrected chi connectivity index (χ1v) is 11.6. The predicted molar refractivity (Wildman–Crippen MR) is 129 cm³/mol. The van der Waals surface area contributed by atoms with Crippen molar-refractivity contribution in [2.45, 2.75) is 17.9 Å². The van der Waals surface area contributed by atoms with Crippen LogP contribution in [0.3, 0.4) is 0 Å². The highest BCUT2D eigenvalue weighted by Crippen LogP contribution is 2.53. The number of hydrogen-bond acceptors (Lipinski definition) is 1. The number of ether oxygens (including phenoxy) is 1. The van der Waals surface area contributed by atoms with E-state index in [1.807, 2.05) is 0 Å². The van der Waals surface area contributed by atoms with Gasteiger partial charge in [-0.05, 0) is 44.8 Å². The molecule has 0 amide bonds. The molecule has 1 unspecified atom stereocenters. The van der Waals surface area contributed by atoms with Gasteiger partial charge in [0.15, 0.2) is 5.60 Å². The fraction of sp³-hybridized carbons (Fsp3) is 0.111. The molecule has 0 saturated carbocycles. The van der Waals surface area contributed by atoms with Crippen LogP contribution in [0, 0.1) is 0 Å². The summed E-state index contributed by atoms with van der Waals surface area (Å²) >= 11 is 7.45. The fourth-order valence-corrected chi connectivity index (χ4v) is 5.82. The van der Waals surface area contributed by atoms with Crippen molar-refractivity contribution < 1.29 is 4.74 Å². The second-order valence-electron chi connectivity index (χ2n) is 7.63. The molecule has 4 aromatic rings. The summed E-state index contributed by atoms with van der Waals surface area (Å²) < 4.78 is 8.97. The topological polar surface area (TPSA) is 9.23 Å². The zero-order valence-corrected chi connectivity index (χ0v) is 19.4. The summed E-state index contributed by atoms with van der Waals surface area (Å²) in [7, 11) is 0. The van der Waals surface area contributed by atoms with Gasteiger partial charge in [-0.3, -0.25) is 0 Å². The number of benzene rings is 4. The monoisotopic (exact) mass is 518 g/mol. The quantitative estimate of drug-likeness (QED) is 0.266. The van der Waals surface area contributed by atoms with Gasteiger partial charge in [-0.1, -0.05) is 107 Å². The van der Waals surface area contributed by atoms with E-state index in [9.17, 15) is 0 Å². The average molecular weight is 520 g/mol. The SMILES string of the molecule is Brc1cc(Br)c2c(c1)C(c1ccccc1)CC(c1ccccc1)(c1ccccc1)O2. The zero-order valence-electron chi connectivity index (χ0n) is 16.3. The third-order valence-electron chi connectivity index (χ3n) is 5.86. The fourth-order valence-electron chi connectivity index (χ4n) is 4.48. The minimum atomic E-state index is -0.577. The third-order valence-corrected chi connectivity index (χ3v) is 6.91. The van der Waals surface area contributed by atoms with Crippen LogP contribution in [0.2, 0.25) is 0 Å². The highest BCUT2D eigenvalue weighted by molar-refractivity contribution is 9.11. The van der Waals surface area contributed by atoms with Crippen LogP contribution in [0.15, 0.2) is 112 Å². The Balaban J connectivity index is 1.79. The van der Waals surface area contributed by atoms with Crippen LogP contribution in [0.4, 0.5) is 0 Å². The Morgan fingerprint density at radius 2 is 1.23 bits per heavy atom. The highest BCUT2D eigenvalue weighted by atomic mass is 79.9. The Morgan fingerprint density at radius 3 is 1.80 bits per heavy atom. The summed E-state index contributed by atoms with van der Waals surface area (Å²) in [6.07, 6.45) is 0.820. The molecule has 30 heavy (non-hydrogen) atoms. The molecule has 1 aliphatic heterocycles. The van der Waals surface area contributed by atoms with Crippen molar-refractivity contribution >= 4 is 31.9 Å². The van der Waals surface area contributed by atoms with E-state index in [-0.39, 0.29) is 5.92 Å². The lowest BCUT2D eigenvalue weighted by atomic mass is 9.73. The van der Waals surface area contributed by atoms with E-state index >= 15 is 0 Å². The first-order valence-electron chi connectivity index (χ1n) is 10.0. The van der Waals surface area contributed by atoms with Crippen LogP contribution in [-0.4, -0.2) is 0 Å². The van der Waals surface area contributed by atoms with Gasteiger partial charge in [0.1, 0.15) is 5.75 Å². The molecule has 1 aliphatic rings. The van der Waals surface area contributed by atoms with E-state index in [1.54, 1.807) is 0 Å². The van der Waals surface area contributed by atoms with Gasteiger partial charge in [0.25, 0.3) is 0 Å². The summed E-state index contributed by atoms with van der Waals surface area (Å²) in [5.74, 6) is 1.11. The second-order valence-corrected chi connectivity index (χ2v) is 9.40. The molecule has 0 N–H and O–H groups in total. The molecule has 0 radical (unpaired) electrons. The number of halogens is 2. The van der Waals surface area contributed by atoms with Gasteiger partial charge in [0, 0.05) is 22.4 Å². The summed E-state index contributed by atoms with van der Waals surface area (Å²) in [5.41, 5.74) is 4.25. The van der Waals surface area contributed by atoms with Crippen LogP contribution >= 0.6 is 31.9 Å². The van der Waals surface area contributed by atoms with Crippen molar-refractivity contribution in [2.75, 3.05) is 0 Å². The van der Waals surface area contributed by atoms with Crippen molar-refractivity contribution in [1.29, 1.82) is 0 Å². The molecule has 0 aromatic heterocycles. The van der Waals surface area contributed by atoms with E-state index in [0.29, 0.717) is 0 Å². The Bertz CT molecular complexity index is 1120. The lowest BCUT2D eigenvalue weighted by Gasteiger charge is -2.44. The summed E-state index contributed by atoms with van der Waals surface area (Å²) in [6.45, 7) is 0. The van der Waals surface area contributed by atoms with Crippen LogP contribution in [-0.2, 0) is 5.60 Å². The maximum absolute atomic E-state index is 6.96. The lowest BCUT2D eigenvalue weighted by molar-refractivity contribution is 0.0765. The standard InChI is InChI=1S/C27H20Br2O/c28-22-16-23-24(19-10-4-1-5-11-19)18-27(20-12-6-2-7-13-20,21-14-8-3-9-15-21)30-26(23)25(29)17-22/h1-17,24H,18H2. The molecule has 0 aliphatic carbocycles. The number of hydrogen-bond donors (Lipinski definition) is 0. The Morgan fingerprint density at radius 1 is 0.700 bits per heavy atom. The highest BCUT2D eigenvalue weighted by Gasteiger charge is 2.45. The van der Waals surface area contributed by atoms with Gasteiger partial charge in [-0.2, -0.15) is 0 Å². The first kappa shape index (κ1) is 19.6. The lowest BCUT2D eigenvalue weighted by Crippen LogP contribution is -2.40. The van der Waals surface area contributed by atoms with Crippen molar-refractivity contribution in [1.82, 2.24) is 0 Å². The Kier molecular flexibility index (Phi) is 5.26. The molecule has 0 fully saturated rings. The molecule has 0 saturated heterocycles. The van der Waals surface area contributed by atoms with E-state index in [4.69, 9.17) is 4.74 Å². The second kappa shape index (κ2) is 8.05. The van der Waals surface area contributed by atoms with Gasteiger partial charge in [-0.25, -0.2) is 0 Å². The molecule has 5 rings (SSSR count). The van der Waals surface area contributed by atoms with E-state index < -0.39 is 5.60 Å². The maximum atomic E-state index is 6.96. The maximum Gasteiger partial charge on any atom is 0.160 e. The number of fused-ring (bicyclic) bond motifs is 1. The van der Waals surface area contributed by atoms with Crippen molar-refractivity contribution in [3.8, 4) is 5.75 Å². The van der Waals surface area contributed by atoms with Gasteiger partial charge in [0.05, 0.1) is 4.47 Å². The minimum Gasteiger partial charge on any atom is -0.476 e. The van der Waals surface area contributed by atoms with Crippen molar-refractivity contribution in [2.24, 2.45) is 0 Å². The Labute approximate surface area is 194 Å². The summed E-state index contributed by atoms with van der Waals surface area (Å²) in [4.78, 5) is 0. The molecule has 1 heterocycles.